The normalized spacial score (nSPS) is 19.3. The minimum atomic E-state index is -1.11. The fourth-order valence-corrected chi connectivity index (χ4v) is 4.53. The van der Waals surface area contributed by atoms with Crippen LogP contribution >= 0.6 is 0 Å². The van der Waals surface area contributed by atoms with Crippen molar-refractivity contribution in [1.29, 1.82) is 0 Å². The molecule has 3 atom stereocenters. The zero-order valence-corrected chi connectivity index (χ0v) is 20.1. The third kappa shape index (κ3) is 5.21. The number of benzene rings is 1. The van der Waals surface area contributed by atoms with Crippen molar-refractivity contribution in [3.63, 3.8) is 0 Å². The van der Waals surface area contributed by atoms with Crippen LogP contribution in [0, 0.1) is 17.6 Å². The lowest BCUT2D eigenvalue weighted by atomic mass is 9.90. The number of para-hydroxylation sites is 1. The second-order valence-corrected chi connectivity index (χ2v) is 8.95. The number of aromatic nitrogens is 1. The summed E-state index contributed by atoms with van der Waals surface area (Å²) in [6.07, 6.45) is 2.70. The molecule has 0 bridgehead atoms. The molecule has 0 aliphatic carbocycles. The van der Waals surface area contributed by atoms with Crippen LogP contribution in [0.25, 0.3) is 0 Å². The number of fused-ring (bicyclic) bond motifs is 1. The molecule has 1 aromatic heterocycles. The summed E-state index contributed by atoms with van der Waals surface area (Å²) in [6.45, 7) is 2.56. The van der Waals surface area contributed by atoms with Crippen molar-refractivity contribution in [1.82, 2.24) is 15.6 Å². The first-order valence-electron chi connectivity index (χ1n) is 11.9. The Hall–Kier alpha value is -3.44. The van der Waals surface area contributed by atoms with Crippen LogP contribution in [0.1, 0.15) is 25.3 Å². The van der Waals surface area contributed by atoms with Gasteiger partial charge in [-0.25, -0.2) is 13.8 Å². The van der Waals surface area contributed by atoms with Crippen LogP contribution in [-0.2, 0) is 25.5 Å². The van der Waals surface area contributed by atoms with E-state index in [4.69, 9.17) is 4.74 Å². The van der Waals surface area contributed by atoms with Crippen molar-refractivity contribution in [3.05, 3.63) is 53.7 Å². The molecule has 2 aliphatic rings. The van der Waals surface area contributed by atoms with Gasteiger partial charge in [0.2, 0.25) is 11.8 Å². The molecular weight excluding hydrogens is 472 g/mol. The van der Waals surface area contributed by atoms with Crippen LogP contribution in [0.2, 0.25) is 0 Å². The van der Waals surface area contributed by atoms with Crippen LogP contribution in [0.15, 0.2) is 36.5 Å². The molecule has 3 N–H and O–H groups in total. The molecule has 192 valence electrons. The lowest BCUT2D eigenvalue weighted by molar-refractivity contribution is -0.131. The number of hydrogen-bond acceptors (Lipinski definition) is 6. The minimum absolute atomic E-state index is 0.109. The summed E-state index contributed by atoms with van der Waals surface area (Å²) in [5, 5.41) is 8.00. The van der Waals surface area contributed by atoms with Crippen LogP contribution in [0.5, 0.6) is 0 Å². The van der Waals surface area contributed by atoms with Crippen molar-refractivity contribution >= 4 is 29.2 Å². The van der Waals surface area contributed by atoms with Gasteiger partial charge in [0.15, 0.2) is 0 Å². The first-order chi connectivity index (χ1) is 17.3. The quantitative estimate of drug-likeness (QED) is 0.533. The van der Waals surface area contributed by atoms with E-state index in [1.807, 2.05) is 0 Å². The van der Waals surface area contributed by atoms with Gasteiger partial charge in [-0.3, -0.25) is 19.3 Å². The molecule has 1 saturated heterocycles. The number of likely N-dealkylation sites (N-methyl/N-ethyl adjacent to an activating group) is 1. The van der Waals surface area contributed by atoms with E-state index >= 15 is 0 Å². The van der Waals surface area contributed by atoms with E-state index in [9.17, 15) is 23.2 Å². The molecule has 11 heteroatoms. The van der Waals surface area contributed by atoms with Gasteiger partial charge >= 0.3 is 0 Å². The average Bonchev–Trinajstić information content (AvgIpc) is 3.28. The molecule has 2 aliphatic heterocycles. The number of nitrogens with one attached hydrogen (secondary N) is 3. The monoisotopic (exact) mass is 501 g/mol. The maximum Gasteiger partial charge on any atom is 0.251 e. The van der Waals surface area contributed by atoms with Gasteiger partial charge in [-0.15, -0.1) is 0 Å². The van der Waals surface area contributed by atoms with Gasteiger partial charge < -0.3 is 20.7 Å². The van der Waals surface area contributed by atoms with Gasteiger partial charge in [0.1, 0.15) is 35.2 Å². The Labute approximate surface area is 207 Å². The summed E-state index contributed by atoms with van der Waals surface area (Å²) >= 11 is 0. The number of rotatable bonds is 7. The van der Waals surface area contributed by atoms with E-state index in [1.165, 1.54) is 17.2 Å². The van der Waals surface area contributed by atoms with Crippen LogP contribution in [0.3, 0.4) is 0 Å². The Kier molecular flexibility index (Phi) is 7.90. The fourth-order valence-electron chi connectivity index (χ4n) is 4.53. The molecular formula is C25H29F2N5O4. The summed E-state index contributed by atoms with van der Waals surface area (Å²) < 4.78 is 33.9. The number of nitrogens with zero attached hydrogens (tertiary/aromatic N) is 2. The third-order valence-corrected chi connectivity index (χ3v) is 6.70. The average molecular weight is 502 g/mol. The Morgan fingerprint density at radius 1 is 1.11 bits per heavy atom. The van der Waals surface area contributed by atoms with Gasteiger partial charge in [-0.1, -0.05) is 12.1 Å². The van der Waals surface area contributed by atoms with Crippen LogP contribution < -0.4 is 20.9 Å². The number of halogens is 2. The van der Waals surface area contributed by atoms with Gasteiger partial charge in [0.05, 0.1) is 6.04 Å². The summed E-state index contributed by atoms with van der Waals surface area (Å²) in [6, 6.07) is 4.09. The fraction of sp³-hybridized carbons (Fsp3) is 0.440. The first-order valence-corrected chi connectivity index (χ1v) is 11.9. The van der Waals surface area contributed by atoms with E-state index in [0.717, 1.165) is 12.1 Å². The minimum Gasteiger partial charge on any atom is -0.381 e. The van der Waals surface area contributed by atoms with Gasteiger partial charge in [-0.2, -0.15) is 0 Å². The largest absolute Gasteiger partial charge is 0.381 e. The number of hydrogen-bond donors (Lipinski definition) is 3. The zero-order valence-electron chi connectivity index (χ0n) is 20.1. The highest BCUT2D eigenvalue weighted by atomic mass is 19.1. The predicted molar refractivity (Wildman–Crippen MR) is 128 cm³/mol. The van der Waals surface area contributed by atoms with E-state index in [1.54, 1.807) is 26.1 Å². The summed E-state index contributed by atoms with van der Waals surface area (Å²) in [7, 11) is 1.64. The molecule has 3 heterocycles. The molecule has 9 nitrogen and oxygen atoms in total. The van der Waals surface area contributed by atoms with Gasteiger partial charge in [0, 0.05) is 25.8 Å². The van der Waals surface area contributed by atoms with Gasteiger partial charge in [0.25, 0.3) is 5.91 Å². The van der Waals surface area contributed by atoms with E-state index < -0.39 is 47.3 Å². The molecule has 0 radical (unpaired) electrons. The molecule has 2 aromatic rings. The topological polar surface area (TPSA) is 113 Å². The highest BCUT2D eigenvalue weighted by Gasteiger charge is 2.44. The Bertz CT molecular complexity index is 1120. The lowest BCUT2D eigenvalue weighted by Crippen LogP contribution is -2.59. The van der Waals surface area contributed by atoms with Gasteiger partial charge in [-0.05, 0) is 56.5 Å². The second-order valence-electron chi connectivity index (χ2n) is 8.95. The standard InChI is InChI=1S/C25H29F2N5O4/c1-14(28-2)23(33)30-20(15-8-11-36-12-9-15)25(35)32-19(13-16-5-4-10-29-22(16)32)24(34)31-21-17(26)6-3-7-18(21)27/h3-7,10,14-15,19-20,28H,8-9,11-13H2,1-2H3,(H,30,33)(H,31,34)/t14-,19-,20-/m0/s1. The first kappa shape index (κ1) is 25.6. The van der Waals surface area contributed by atoms with Crippen molar-refractivity contribution in [2.24, 2.45) is 5.92 Å². The highest BCUT2D eigenvalue weighted by Crippen LogP contribution is 2.33. The number of anilines is 2. The van der Waals surface area contributed by atoms with Crippen LogP contribution in [-0.4, -0.2) is 61.1 Å². The second kappa shape index (κ2) is 11.1. The number of amides is 3. The maximum absolute atomic E-state index is 14.2. The molecule has 36 heavy (non-hydrogen) atoms. The van der Waals surface area contributed by atoms with Crippen molar-refractivity contribution < 1.29 is 27.9 Å². The van der Waals surface area contributed by atoms with E-state index in [-0.39, 0.29) is 24.1 Å². The number of ether oxygens (including phenoxy) is 1. The van der Waals surface area contributed by atoms with E-state index in [2.05, 4.69) is 20.9 Å². The Morgan fingerprint density at radius 2 is 1.81 bits per heavy atom. The molecule has 1 aromatic carbocycles. The SMILES string of the molecule is CN[C@@H](C)C(=O)N[C@H](C(=O)N1c2ncccc2C[C@H]1C(=O)Nc1c(F)cccc1F)C1CCOCC1. The highest BCUT2D eigenvalue weighted by molar-refractivity contribution is 6.09. The summed E-state index contributed by atoms with van der Waals surface area (Å²) in [5.74, 6) is -3.43. The number of pyridine rings is 1. The predicted octanol–water partition coefficient (Wildman–Crippen LogP) is 1.78. The molecule has 0 spiro atoms. The van der Waals surface area contributed by atoms with Crippen molar-refractivity contribution in [3.8, 4) is 0 Å². The maximum atomic E-state index is 14.2. The molecule has 3 amide bonds. The summed E-state index contributed by atoms with van der Waals surface area (Å²) in [5.41, 5.74) is 0.0524. The number of carbonyl (C=O) groups excluding carboxylic acids is 3. The smallest absolute Gasteiger partial charge is 0.251 e. The van der Waals surface area contributed by atoms with Crippen LogP contribution in [0.4, 0.5) is 20.3 Å². The van der Waals surface area contributed by atoms with Crippen molar-refractivity contribution in [2.45, 2.75) is 44.3 Å². The molecule has 0 unspecified atom stereocenters. The molecule has 0 saturated carbocycles. The van der Waals surface area contributed by atoms with Crippen molar-refractivity contribution in [2.75, 3.05) is 30.5 Å². The number of carbonyl (C=O) groups is 3. The summed E-state index contributed by atoms with van der Waals surface area (Å²) in [4.78, 5) is 45.7. The zero-order chi connectivity index (χ0) is 25.8. The Balaban J connectivity index is 1.67. The molecule has 4 rings (SSSR count). The third-order valence-electron chi connectivity index (χ3n) is 6.70. The molecule has 1 fully saturated rings. The van der Waals surface area contributed by atoms with E-state index in [0.29, 0.717) is 31.6 Å². The lowest BCUT2D eigenvalue weighted by Gasteiger charge is -2.35. The Morgan fingerprint density at radius 3 is 2.47 bits per heavy atom.